The molecule has 0 unspecified atom stereocenters. The van der Waals surface area contributed by atoms with Crippen LogP contribution in [0, 0.1) is 13.8 Å². The van der Waals surface area contributed by atoms with Gasteiger partial charge in [-0.05, 0) is 72.6 Å². The zero-order valence-electron chi connectivity index (χ0n) is 23.7. The summed E-state index contributed by atoms with van der Waals surface area (Å²) in [5, 5.41) is 4.79. The minimum Gasteiger partial charge on any atom is -0.343 e. The van der Waals surface area contributed by atoms with Gasteiger partial charge in [-0.15, -0.1) is 0 Å². The Labute approximate surface area is 202 Å². The molecule has 0 atom stereocenters. The van der Waals surface area contributed by atoms with Gasteiger partial charge in [-0.2, -0.15) is 0 Å². The lowest BCUT2D eigenvalue weighted by Gasteiger charge is -2.22. The van der Waals surface area contributed by atoms with Gasteiger partial charge in [0.05, 0.1) is 10.9 Å². The monoisotopic (exact) mass is 437 g/mol. The molecule has 33 heavy (non-hydrogen) atoms. The van der Waals surface area contributed by atoms with Crippen molar-refractivity contribution >= 4 is 32.6 Å². The second kappa shape index (κ2) is 7.73. The van der Waals surface area contributed by atoms with E-state index in [4.69, 9.17) is 5.48 Å². The van der Waals surface area contributed by atoms with E-state index in [9.17, 15) is 0 Å². The van der Waals surface area contributed by atoms with Crippen LogP contribution in [0.5, 0.6) is 0 Å². The van der Waals surface area contributed by atoms with Crippen LogP contribution in [0.3, 0.4) is 0 Å². The number of pyridine rings is 1. The minimum absolute atomic E-state index is 0.371. The largest absolute Gasteiger partial charge is 0.343 e. The lowest BCUT2D eigenvalue weighted by atomic mass is 9.83. The molecule has 0 spiro atoms. The molecule has 2 aromatic heterocycles. The van der Waals surface area contributed by atoms with Gasteiger partial charge in [0, 0.05) is 35.1 Å². The van der Waals surface area contributed by atoms with Gasteiger partial charge < -0.3 is 4.57 Å². The SMILES string of the molecule is [2H]C([2H])([2H])c1ccc(-c2cc3c(c[n+]2C)c2cc4ccc(C5([2H])CCCCC5)cc4cc2n3C)c(C)c1. The van der Waals surface area contributed by atoms with Crippen LogP contribution < -0.4 is 4.57 Å². The lowest BCUT2D eigenvalue weighted by molar-refractivity contribution is -0.659. The van der Waals surface area contributed by atoms with Crippen LogP contribution in [0.2, 0.25) is 0 Å². The number of rotatable bonds is 2. The van der Waals surface area contributed by atoms with Crippen LogP contribution in [0.4, 0.5) is 0 Å². The maximum atomic E-state index is 9.08. The molecule has 166 valence electrons. The molecule has 1 saturated carbocycles. The molecular weight excluding hydrogens is 400 g/mol. The van der Waals surface area contributed by atoms with Gasteiger partial charge in [-0.1, -0.05) is 55.2 Å². The molecule has 0 radical (unpaired) electrons. The van der Waals surface area contributed by atoms with Crippen molar-refractivity contribution in [1.82, 2.24) is 4.57 Å². The highest BCUT2D eigenvalue weighted by atomic mass is 15.0. The minimum atomic E-state index is -2.11. The van der Waals surface area contributed by atoms with E-state index < -0.39 is 12.7 Å². The number of hydrogen-bond acceptors (Lipinski definition) is 0. The van der Waals surface area contributed by atoms with Crippen molar-refractivity contribution in [3.63, 3.8) is 0 Å². The van der Waals surface area contributed by atoms with Gasteiger partial charge in [0.25, 0.3) is 0 Å². The number of hydrogen-bond donors (Lipinski definition) is 0. The van der Waals surface area contributed by atoms with Gasteiger partial charge in [-0.25, -0.2) is 4.57 Å². The van der Waals surface area contributed by atoms with Crippen LogP contribution in [-0.2, 0) is 14.1 Å². The predicted molar refractivity (Wildman–Crippen MR) is 140 cm³/mol. The van der Waals surface area contributed by atoms with Gasteiger partial charge >= 0.3 is 0 Å². The molecule has 5 aromatic rings. The van der Waals surface area contributed by atoms with Crippen molar-refractivity contribution in [2.24, 2.45) is 14.1 Å². The normalized spacial score (nSPS) is 18.3. The molecule has 0 saturated heterocycles. The van der Waals surface area contributed by atoms with Crippen LogP contribution in [-0.4, -0.2) is 4.57 Å². The highest BCUT2D eigenvalue weighted by Crippen LogP contribution is 2.37. The fraction of sp³-hybridized carbons (Fsp3) is 0.323. The first-order valence-electron chi connectivity index (χ1n) is 14.0. The fourth-order valence-electron chi connectivity index (χ4n) is 5.74. The third-order valence-electron chi connectivity index (χ3n) is 7.59. The van der Waals surface area contributed by atoms with E-state index >= 15 is 0 Å². The summed E-state index contributed by atoms with van der Waals surface area (Å²) < 4.78 is 36.7. The molecule has 1 aliphatic carbocycles. The van der Waals surface area contributed by atoms with E-state index in [0.29, 0.717) is 5.56 Å². The summed E-state index contributed by atoms with van der Waals surface area (Å²) in [5.74, 6) is -0.462. The third kappa shape index (κ3) is 3.35. The molecule has 2 heterocycles. The molecule has 0 bridgehead atoms. The molecule has 1 aliphatic rings. The van der Waals surface area contributed by atoms with E-state index in [-0.39, 0.29) is 0 Å². The second-order valence-electron chi connectivity index (χ2n) is 9.75. The van der Waals surface area contributed by atoms with Gasteiger partial charge in [0.15, 0.2) is 6.20 Å². The Morgan fingerprint density at radius 2 is 1.73 bits per heavy atom. The second-order valence-corrected chi connectivity index (χ2v) is 9.75. The molecule has 3 aromatic carbocycles. The standard InChI is InChI=1S/C31H33N2/c1-20-10-13-26(21(2)14-20)29-18-31-28(19-32(29)3)27-16-24-12-11-23(22-8-6-5-7-9-22)15-25(24)17-30(27)33(31)4/h10-19,22H,5-9H2,1-4H3/q+1/i1D3,22D. The maximum absolute atomic E-state index is 9.08. The Morgan fingerprint density at radius 3 is 2.52 bits per heavy atom. The van der Waals surface area contributed by atoms with Crippen molar-refractivity contribution in [2.45, 2.75) is 51.8 Å². The number of nitrogens with zero attached hydrogens (tertiary/aromatic N) is 2. The molecule has 6 rings (SSSR count). The van der Waals surface area contributed by atoms with E-state index in [1.54, 1.807) is 12.1 Å². The first-order chi connectivity index (χ1) is 17.5. The fourth-order valence-corrected chi connectivity index (χ4v) is 5.74. The lowest BCUT2D eigenvalue weighted by Crippen LogP contribution is -2.30. The van der Waals surface area contributed by atoms with Crippen LogP contribution in [0.25, 0.3) is 43.8 Å². The summed E-state index contributed by atoms with van der Waals surface area (Å²) in [6.45, 7) is -0.129. The maximum Gasteiger partial charge on any atom is 0.214 e. The molecule has 0 amide bonds. The number of aryl methyl sites for hydroxylation is 4. The van der Waals surface area contributed by atoms with Crippen LogP contribution in [0.1, 0.15) is 60.2 Å². The van der Waals surface area contributed by atoms with E-state index in [1.807, 2.05) is 13.0 Å². The summed E-state index contributed by atoms with van der Waals surface area (Å²) in [7, 11) is 4.16. The molecule has 0 N–H and O–H groups in total. The average Bonchev–Trinajstić information content (AvgIpc) is 3.12. The summed E-state index contributed by atoms with van der Waals surface area (Å²) in [5.41, 5.74) is 6.86. The van der Waals surface area contributed by atoms with Crippen LogP contribution in [0.15, 0.2) is 60.8 Å². The van der Waals surface area contributed by atoms with Crippen molar-refractivity contribution in [1.29, 1.82) is 0 Å². The quantitative estimate of drug-likeness (QED) is 0.251. The van der Waals surface area contributed by atoms with Gasteiger partial charge in [0.1, 0.15) is 7.05 Å². The molecule has 0 aliphatic heterocycles. The first-order valence-corrected chi connectivity index (χ1v) is 12.0. The highest BCUT2D eigenvalue weighted by molar-refractivity contribution is 6.12. The summed E-state index contributed by atoms with van der Waals surface area (Å²) in [6, 6.07) is 18.8. The van der Waals surface area contributed by atoms with Crippen molar-refractivity contribution in [3.05, 3.63) is 77.5 Å². The molecule has 2 nitrogen and oxygen atoms in total. The summed E-state index contributed by atoms with van der Waals surface area (Å²) in [6.07, 6.45) is 7.60. The topological polar surface area (TPSA) is 8.81 Å². The highest BCUT2D eigenvalue weighted by Gasteiger charge is 2.20. The van der Waals surface area contributed by atoms with E-state index in [2.05, 4.69) is 65.8 Å². The number of benzene rings is 3. The summed E-state index contributed by atoms with van der Waals surface area (Å²) >= 11 is 0. The van der Waals surface area contributed by atoms with Crippen molar-refractivity contribution in [2.75, 3.05) is 0 Å². The average molecular weight is 438 g/mol. The molecule has 2 heteroatoms. The van der Waals surface area contributed by atoms with Gasteiger partial charge in [-0.3, -0.25) is 0 Å². The smallest absolute Gasteiger partial charge is 0.214 e. The molecular formula is C31H33N2+. The Morgan fingerprint density at radius 1 is 0.909 bits per heavy atom. The van der Waals surface area contributed by atoms with Crippen molar-refractivity contribution in [3.8, 4) is 11.3 Å². The van der Waals surface area contributed by atoms with E-state index in [0.717, 1.165) is 53.6 Å². The Kier molecular flexibility index (Phi) is 3.86. The third-order valence-corrected chi connectivity index (χ3v) is 7.59. The Hall–Kier alpha value is -3.13. The number of aromatic nitrogens is 2. The Bertz CT molecular complexity index is 1690. The number of fused-ring (bicyclic) bond motifs is 4. The molecule has 1 fully saturated rings. The Balaban J connectivity index is 1.51. The van der Waals surface area contributed by atoms with Crippen molar-refractivity contribution < 1.29 is 10.1 Å². The zero-order valence-corrected chi connectivity index (χ0v) is 19.7. The van der Waals surface area contributed by atoms with Crippen LogP contribution >= 0.6 is 0 Å². The zero-order chi connectivity index (χ0) is 26.1. The predicted octanol–water partition coefficient (Wildman–Crippen LogP) is 7.64. The van der Waals surface area contributed by atoms with Gasteiger partial charge in [0.2, 0.25) is 5.69 Å². The summed E-state index contributed by atoms with van der Waals surface area (Å²) in [4.78, 5) is 0. The van der Waals surface area contributed by atoms with E-state index in [1.165, 1.54) is 33.5 Å². The first kappa shape index (κ1) is 16.5.